The lowest BCUT2D eigenvalue weighted by atomic mass is 10.0. The molecule has 2 aromatic rings. The summed E-state index contributed by atoms with van der Waals surface area (Å²) in [6.07, 6.45) is 0. The Morgan fingerprint density at radius 2 is 1.18 bits per heavy atom. The van der Waals surface area contributed by atoms with Gasteiger partial charge in [-0.3, -0.25) is 9.59 Å². The normalized spacial score (nSPS) is 20.4. The molecule has 8 nitrogen and oxygen atoms in total. The molecule has 0 aliphatic carbocycles. The molecule has 2 atom stereocenters. The van der Waals surface area contributed by atoms with Crippen molar-refractivity contribution in [2.24, 2.45) is 11.8 Å². The fraction of sp³-hybridized carbons (Fsp3) is 0.417. The van der Waals surface area contributed by atoms with Crippen molar-refractivity contribution in [3.05, 3.63) is 57.3 Å². The summed E-state index contributed by atoms with van der Waals surface area (Å²) >= 11 is 0.975. The standard InChI is InChI=1S/C24H28N2O6S/c1-13(2)17-11-31-23(29)19-8-9-20(33-19)24(30)32-12-18(14(3)4)26-22(28)16-7-5-6-15(10-16)21(27)25-17/h5-10,13-14,17-18H,11-12H2,1-4H3,(H,25,27)(H,26,28)/t17-,18-/m1/s1. The molecule has 176 valence electrons. The van der Waals surface area contributed by atoms with Gasteiger partial charge in [-0.25, -0.2) is 9.59 Å². The third-order valence-corrected chi connectivity index (χ3v) is 6.47. The largest absolute Gasteiger partial charge is 0.459 e. The van der Waals surface area contributed by atoms with Crippen LogP contribution < -0.4 is 10.6 Å². The number of ether oxygens (including phenoxy) is 2. The SMILES string of the molecule is CC(C)[C@H]1COC(=O)c2ccc(s2)C(=O)OC[C@H](C(C)C)NC(=O)c2cccc(c2)C(=O)N1. The van der Waals surface area contributed by atoms with Crippen LogP contribution in [0.3, 0.4) is 0 Å². The van der Waals surface area contributed by atoms with E-state index in [4.69, 9.17) is 9.47 Å². The number of carbonyl (C=O) groups excluding carboxylic acids is 4. The highest BCUT2D eigenvalue weighted by Crippen LogP contribution is 2.20. The Kier molecular flexibility index (Phi) is 7.86. The second kappa shape index (κ2) is 10.6. The first-order chi connectivity index (χ1) is 15.7. The van der Waals surface area contributed by atoms with Crippen molar-refractivity contribution in [3.8, 4) is 0 Å². The lowest BCUT2D eigenvalue weighted by Crippen LogP contribution is -2.43. The third kappa shape index (κ3) is 6.19. The molecule has 3 rings (SSSR count). The van der Waals surface area contributed by atoms with Crippen LogP contribution in [0.1, 0.15) is 67.8 Å². The molecule has 33 heavy (non-hydrogen) atoms. The average Bonchev–Trinajstić information content (AvgIpc) is 3.28. The van der Waals surface area contributed by atoms with Crippen LogP contribution in [0.2, 0.25) is 0 Å². The van der Waals surface area contributed by atoms with Crippen LogP contribution in [0.4, 0.5) is 0 Å². The maximum absolute atomic E-state index is 12.8. The number of thiophene rings is 1. The van der Waals surface area contributed by atoms with Crippen LogP contribution in [0, 0.1) is 11.8 Å². The topological polar surface area (TPSA) is 111 Å². The van der Waals surface area contributed by atoms with Crippen molar-refractivity contribution in [1.82, 2.24) is 10.6 Å². The number of rotatable bonds is 2. The summed E-state index contributed by atoms with van der Waals surface area (Å²) < 4.78 is 10.8. The summed E-state index contributed by atoms with van der Waals surface area (Å²) in [5.74, 6) is -1.91. The molecule has 2 heterocycles. The first kappa shape index (κ1) is 24.4. The Labute approximate surface area is 196 Å². The molecule has 0 fully saturated rings. The lowest BCUT2D eigenvalue weighted by Gasteiger charge is -2.23. The van der Waals surface area contributed by atoms with Gasteiger partial charge in [0, 0.05) is 11.1 Å². The van der Waals surface area contributed by atoms with Gasteiger partial charge in [0.2, 0.25) is 0 Å². The van der Waals surface area contributed by atoms with Gasteiger partial charge in [-0.1, -0.05) is 33.8 Å². The second-order valence-corrected chi connectivity index (χ2v) is 9.67. The molecule has 1 aliphatic heterocycles. The van der Waals surface area contributed by atoms with Crippen LogP contribution in [0.5, 0.6) is 0 Å². The number of hydrogen-bond donors (Lipinski definition) is 2. The minimum Gasteiger partial charge on any atom is -0.459 e. The van der Waals surface area contributed by atoms with Crippen LogP contribution in [0.15, 0.2) is 36.4 Å². The van der Waals surface area contributed by atoms with E-state index in [0.717, 1.165) is 11.3 Å². The molecule has 0 radical (unpaired) electrons. The van der Waals surface area contributed by atoms with Gasteiger partial charge in [-0.15, -0.1) is 11.3 Å². The maximum Gasteiger partial charge on any atom is 0.348 e. The van der Waals surface area contributed by atoms with Crippen molar-refractivity contribution in [2.45, 2.75) is 39.8 Å². The van der Waals surface area contributed by atoms with Crippen molar-refractivity contribution >= 4 is 35.1 Å². The fourth-order valence-electron chi connectivity index (χ4n) is 3.14. The molecule has 0 saturated carbocycles. The monoisotopic (exact) mass is 472 g/mol. The molecular formula is C24H28N2O6S. The van der Waals surface area contributed by atoms with Crippen LogP contribution in [-0.2, 0) is 9.47 Å². The predicted molar refractivity (Wildman–Crippen MR) is 124 cm³/mol. The molecule has 1 aliphatic rings. The summed E-state index contributed by atoms with van der Waals surface area (Å²) in [6.45, 7) is 7.55. The minimum absolute atomic E-state index is 0.0144. The van der Waals surface area contributed by atoms with E-state index in [2.05, 4.69) is 10.6 Å². The average molecular weight is 473 g/mol. The van der Waals surface area contributed by atoms with Crippen LogP contribution in [0.25, 0.3) is 0 Å². The van der Waals surface area contributed by atoms with Gasteiger partial charge in [0.05, 0.1) is 12.1 Å². The van der Waals surface area contributed by atoms with Gasteiger partial charge >= 0.3 is 11.9 Å². The first-order valence-corrected chi connectivity index (χ1v) is 11.6. The van der Waals surface area contributed by atoms with E-state index in [1.807, 2.05) is 27.7 Å². The van der Waals surface area contributed by atoms with E-state index in [1.165, 1.54) is 18.2 Å². The van der Waals surface area contributed by atoms with Crippen molar-refractivity contribution in [2.75, 3.05) is 13.2 Å². The van der Waals surface area contributed by atoms with E-state index in [1.54, 1.807) is 18.2 Å². The fourth-order valence-corrected chi connectivity index (χ4v) is 3.93. The summed E-state index contributed by atoms with van der Waals surface area (Å²) in [7, 11) is 0. The van der Waals surface area contributed by atoms with Crippen molar-refractivity contribution < 1.29 is 28.7 Å². The molecule has 9 heteroatoms. The molecule has 0 spiro atoms. The molecule has 0 saturated heterocycles. The third-order valence-electron chi connectivity index (χ3n) is 5.43. The number of amides is 2. The second-order valence-electron chi connectivity index (χ2n) is 8.59. The molecule has 2 N–H and O–H groups in total. The summed E-state index contributed by atoms with van der Waals surface area (Å²) in [5, 5.41) is 5.76. The molecule has 0 unspecified atom stereocenters. The Morgan fingerprint density at radius 1 is 0.758 bits per heavy atom. The molecule has 2 amide bonds. The number of hydrogen-bond acceptors (Lipinski definition) is 7. The highest BCUT2D eigenvalue weighted by Gasteiger charge is 2.24. The van der Waals surface area contributed by atoms with Gasteiger partial charge in [-0.05, 0) is 42.2 Å². The highest BCUT2D eigenvalue weighted by atomic mass is 32.1. The molecule has 1 aromatic carbocycles. The van der Waals surface area contributed by atoms with E-state index in [9.17, 15) is 19.2 Å². The van der Waals surface area contributed by atoms with Crippen LogP contribution >= 0.6 is 11.3 Å². The lowest BCUT2D eigenvalue weighted by molar-refractivity contribution is 0.0434. The van der Waals surface area contributed by atoms with Crippen molar-refractivity contribution in [1.29, 1.82) is 0 Å². The smallest absolute Gasteiger partial charge is 0.348 e. The highest BCUT2D eigenvalue weighted by molar-refractivity contribution is 7.15. The van der Waals surface area contributed by atoms with Crippen molar-refractivity contribution in [3.63, 3.8) is 0 Å². The minimum atomic E-state index is -0.575. The number of carbonyl (C=O) groups is 4. The number of benzene rings is 1. The van der Waals surface area contributed by atoms with Crippen LogP contribution in [-0.4, -0.2) is 49.1 Å². The number of nitrogens with one attached hydrogen (secondary N) is 2. The maximum atomic E-state index is 12.8. The quantitative estimate of drug-likeness (QED) is 0.649. The number of cyclic esters (lactones) is 2. The number of fused-ring (bicyclic) bond motifs is 4. The summed E-state index contributed by atoms with van der Waals surface area (Å²) in [6, 6.07) is 8.50. The zero-order chi connectivity index (χ0) is 24.1. The van der Waals surface area contributed by atoms with Gasteiger partial charge in [-0.2, -0.15) is 0 Å². The van der Waals surface area contributed by atoms with E-state index in [0.29, 0.717) is 11.1 Å². The van der Waals surface area contributed by atoms with Gasteiger partial charge < -0.3 is 20.1 Å². The Morgan fingerprint density at radius 3 is 1.58 bits per heavy atom. The zero-order valence-corrected chi connectivity index (χ0v) is 19.9. The number of esters is 2. The molecule has 1 aromatic heterocycles. The Hall–Kier alpha value is -3.20. The molecular weight excluding hydrogens is 444 g/mol. The summed E-state index contributed by atoms with van der Waals surface area (Å²) in [4.78, 5) is 51.2. The predicted octanol–water partition coefficient (Wildman–Crippen LogP) is 3.28. The van der Waals surface area contributed by atoms with E-state index in [-0.39, 0.29) is 46.6 Å². The van der Waals surface area contributed by atoms with E-state index >= 15 is 0 Å². The zero-order valence-electron chi connectivity index (χ0n) is 19.0. The first-order valence-electron chi connectivity index (χ1n) is 10.8. The van der Waals surface area contributed by atoms with Gasteiger partial charge in [0.15, 0.2) is 0 Å². The van der Waals surface area contributed by atoms with Gasteiger partial charge in [0.25, 0.3) is 11.8 Å². The van der Waals surface area contributed by atoms with Gasteiger partial charge in [0.1, 0.15) is 23.0 Å². The Bertz CT molecular complexity index is 969. The molecule has 4 bridgehead atoms. The van der Waals surface area contributed by atoms with E-state index < -0.39 is 24.0 Å². The Balaban J connectivity index is 1.93. The summed E-state index contributed by atoms with van der Waals surface area (Å²) in [5.41, 5.74) is 0.632.